The quantitative estimate of drug-likeness (QED) is 0.674. The van der Waals surface area contributed by atoms with Crippen LogP contribution in [0.15, 0.2) is 72.8 Å². The Morgan fingerprint density at radius 1 is 0.885 bits per heavy atom. The molecule has 0 saturated heterocycles. The van der Waals surface area contributed by atoms with Gasteiger partial charge in [-0.1, -0.05) is 54.6 Å². The van der Waals surface area contributed by atoms with Crippen molar-refractivity contribution in [1.29, 1.82) is 0 Å². The largest absolute Gasteiger partial charge is 0.481 e. The number of ether oxygens (including phenoxy) is 1. The zero-order valence-corrected chi connectivity index (χ0v) is 15.3. The van der Waals surface area contributed by atoms with Crippen molar-refractivity contribution in [1.82, 2.24) is 0 Å². The number of carbonyl (C=O) groups excluding carboxylic acids is 1. The number of hydrogen-bond acceptors (Lipinski definition) is 2. The zero-order chi connectivity index (χ0) is 18.5. The molecule has 0 saturated carbocycles. The van der Waals surface area contributed by atoms with Crippen LogP contribution >= 0.6 is 0 Å². The number of benzene rings is 3. The van der Waals surface area contributed by atoms with Crippen LogP contribution in [-0.4, -0.2) is 12.0 Å². The van der Waals surface area contributed by atoms with E-state index in [1.807, 2.05) is 80.6 Å². The number of amides is 1. The van der Waals surface area contributed by atoms with E-state index in [-0.39, 0.29) is 5.91 Å². The number of rotatable bonds is 5. The normalized spacial score (nSPS) is 11.7. The Bertz CT molecular complexity index is 883. The van der Waals surface area contributed by atoms with Crippen LogP contribution in [0.1, 0.15) is 18.1 Å². The van der Waals surface area contributed by atoms with Crippen LogP contribution in [0.5, 0.6) is 5.75 Å². The highest BCUT2D eigenvalue weighted by Gasteiger charge is 2.17. The lowest BCUT2D eigenvalue weighted by Gasteiger charge is -2.17. The first kappa shape index (κ1) is 17.7. The van der Waals surface area contributed by atoms with Crippen molar-refractivity contribution >= 4 is 11.6 Å². The molecule has 0 aliphatic carbocycles. The molecule has 0 aromatic heterocycles. The van der Waals surface area contributed by atoms with Crippen molar-refractivity contribution in [3.8, 4) is 16.9 Å². The number of aryl methyl sites for hydroxylation is 2. The van der Waals surface area contributed by atoms with Crippen LogP contribution in [0, 0.1) is 13.8 Å². The van der Waals surface area contributed by atoms with Gasteiger partial charge in [-0.2, -0.15) is 0 Å². The van der Waals surface area contributed by atoms with Gasteiger partial charge >= 0.3 is 0 Å². The summed E-state index contributed by atoms with van der Waals surface area (Å²) in [5.41, 5.74) is 5.05. The third-order valence-electron chi connectivity index (χ3n) is 4.15. The van der Waals surface area contributed by atoms with E-state index in [0.717, 1.165) is 27.9 Å². The number of para-hydroxylation sites is 1. The van der Waals surface area contributed by atoms with Crippen LogP contribution in [-0.2, 0) is 4.79 Å². The van der Waals surface area contributed by atoms with E-state index in [9.17, 15) is 4.79 Å². The zero-order valence-electron chi connectivity index (χ0n) is 15.3. The Morgan fingerprint density at radius 3 is 2.19 bits per heavy atom. The average Bonchev–Trinajstić information content (AvgIpc) is 2.62. The van der Waals surface area contributed by atoms with E-state index < -0.39 is 6.10 Å². The lowest BCUT2D eigenvalue weighted by Crippen LogP contribution is -2.30. The monoisotopic (exact) mass is 345 g/mol. The van der Waals surface area contributed by atoms with Crippen LogP contribution in [0.3, 0.4) is 0 Å². The first-order valence-electron chi connectivity index (χ1n) is 8.73. The maximum Gasteiger partial charge on any atom is 0.265 e. The van der Waals surface area contributed by atoms with Crippen molar-refractivity contribution < 1.29 is 9.53 Å². The summed E-state index contributed by atoms with van der Waals surface area (Å²) >= 11 is 0. The second kappa shape index (κ2) is 7.87. The fraction of sp³-hybridized carbons (Fsp3) is 0.174. The third-order valence-corrected chi connectivity index (χ3v) is 4.15. The van der Waals surface area contributed by atoms with Crippen LogP contribution in [0.4, 0.5) is 5.69 Å². The van der Waals surface area contributed by atoms with E-state index in [1.165, 1.54) is 0 Å². The molecule has 3 nitrogen and oxygen atoms in total. The molecule has 26 heavy (non-hydrogen) atoms. The Labute approximate surface area is 154 Å². The van der Waals surface area contributed by atoms with Crippen LogP contribution in [0.2, 0.25) is 0 Å². The highest BCUT2D eigenvalue weighted by molar-refractivity contribution is 5.98. The van der Waals surface area contributed by atoms with E-state index in [4.69, 9.17) is 4.74 Å². The van der Waals surface area contributed by atoms with Gasteiger partial charge in [0.25, 0.3) is 5.91 Å². The molecule has 0 aliphatic heterocycles. The molecule has 0 unspecified atom stereocenters. The molecule has 0 heterocycles. The summed E-state index contributed by atoms with van der Waals surface area (Å²) in [7, 11) is 0. The van der Waals surface area contributed by atoms with Crippen molar-refractivity contribution in [2.75, 3.05) is 5.32 Å². The van der Waals surface area contributed by atoms with Gasteiger partial charge in [-0.15, -0.1) is 0 Å². The van der Waals surface area contributed by atoms with Crippen molar-refractivity contribution in [3.63, 3.8) is 0 Å². The molecule has 3 aromatic rings. The van der Waals surface area contributed by atoms with Gasteiger partial charge < -0.3 is 10.1 Å². The summed E-state index contributed by atoms with van der Waals surface area (Å²) in [5.74, 6) is 0.536. The van der Waals surface area contributed by atoms with Crippen molar-refractivity contribution in [2.24, 2.45) is 0 Å². The Kier molecular flexibility index (Phi) is 5.37. The number of anilines is 1. The molecule has 3 aromatic carbocycles. The topological polar surface area (TPSA) is 38.3 Å². The van der Waals surface area contributed by atoms with Crippen LogP contribution in [0.25, 0.3) is 11.1 Å². The van der Waals surface area contributed by atoms with Gasteiger partial charge in [-0.3, -0.25) is 4.79 Å². The van der Waals surface area contributed by atoms with E-state index in [2.05, 4.69) is 11.4 Å². The first-order valence-corrected chi connectivity index (χ1v) is 8.73. The van der Waals surface area contributed by atoms with Gasteiger partial charge in [-0.05, 0) is 55.7 Å². The van der Waals surface area contributed by atoms with Gasteiger partial charge in [-0.25, -0.2) is 0 Å². The maximum absolute atomic E-state index is 12.6. The van der Waals surface area contributed by atoms with Crippen molar-refractivity contribution in [3.05, 3.63) is 83.9 Å². The Hall–Kier alpha value is -3.07. The molecule has 0 aliphatic rings. The summed E-state index contributed by atoms with van der Waals surface area (Å²) < 4.78 is 5.84. The predicted octanol–water partition coefficient (Wildman–Crippen LogP) is 5.38. The molecule has 1 amide bonds. The second-order valence-electron chi connectivity index (χ2n) is 6.48. The van der Waals surface area contributed by atoms with E-state index >= 15 is 0 Å². The molecular weight excluding hydrogens is 322 g/mol. The smallest absolute Gasteiger partial charge is 0.265 e. The summed E-state index contributed by atoms with van der Waals surface area (Å²) in [6.45, 7) is 5.79. The summed E-state index contributed by atoms with van der Waals surface area (Å²) in [6, 6.07) is 23.7. The van der Waals surface area contributed by atoms with Gasteiger partial charge in [0, 0.05) is 11.3 Å². The second-order valence-corrected chi connectivity index (χ2v) is 6.48. The molecule has 3 heteroatoms. The fourth-order valence-electron chi connectivity index (χ4n) is 2.95. The maximum atomic E-state index is 12.6. The highest BCUT2D eigenvalue weighted by Crippen LogP contribution is 2.28. The minimum Gasteiger partial charge on any atom is -0.481 e. The molecule has 1 atom stereocenters. The highest BCUT2D eigenvalue weighted by atomic mass is 16.5. The third kappa shape index (κ3) is 4.31. The molecule has 3 rings (SSSR count). The molecule has 0 spiro atoms. The molecule has 0 radical (unpaired) electrons. The van der Waals surface area contributed by atoms with Gasteiger partial charge in [0.1, 0.15) is 5.75 Å². The van der Waals surface area contributed by atoms with Gasteiger partial charge in [0.05, 0.1) is 0 Å². The minimum atomic E-state index is -0.597. The first-order chi connectivity index (χ1) is 12.5. The molecule has 0 bridgehead atoms. The lowest BCUT2D eigenvalue weighted by atomic mass is 10.0. The number of hydrogen-bond donors (Lipinski definition) is 1. The Morgan fingerprint density at radius 2 is 1.50 bits per heavy atom. The SMILES string of the molecule is Cc1cc(C)cc(O[C@@H](C)C(=O)Nc2ccccc2-c2ccccc2)c1. The Balaban J connectivity index is 1.76. The summed E-state index contributed by atoms with van der Waals surface area (Å²) in [4.78, 5) is 12.6. The lowest BCUT2D eigenvalue weighted by molar-refractivity contribution is -0.122. The minimum absolute atomic E-state index is 0.174. The number of carbonyl (C=O) groups is 1. The molecule has 132 valence electrons. The summed E-state index contributed by atoms with van der Waals surface area (Å²) in [5, 5.41) is 2.99. The molecular formula is C23H23NO2. The molecule has 0 fully saturated rings. The van der Waals surface area contributed by atoms with Crippen molar-refractivity contribution in [2.45, 2.75) is 26.9 Å². The molecule has 1 N–H and O–H groups in total. The van der Waals surface area contributed by atoms with E-state index in [0.29, 0.717) is 5.75 Å². The summed E-state index contributed by atoms with van der Waals surface area (Å²) in [6.07, 6.45) is -0.597. The fourth-order valence-corrected chi connectivity index (χ4v) is 2.95. The standard InChI is InChI=1S/C23H23NO2/c1-16-13-17(2)15-20(14-16)26-18(3)23(25)24-22-12-8-7-11-21(22)19-9-5-4-6-10-19/h4-15,18H,1-3H3,(H,24,25)/t18-/m0/s1. The van der Waals surface area contributed by atoms with E-state index in [1.54, 1.807) is 6.92 Å². The number of nitrogens with one attached hydrogen (secondary N) is 1. The van der Waals surface area contributed by atoms with Crippen LogP contribution < -0.4 is 10.1 Å². The average molecular weight is 345 g/mol. The van der Waals surface area contributed by atoms with Gasteiger partial charge in [0.15, 0.2) is 6.10 Å². The predicted molar refractivity (Wildman–Crippen MR) is 107 cm³/mol. The van der Waals surface area contributed by atoms with Gasteiger partial charge in [0.2, 0.25) is 0 Å².